The Kier molecular flexibility index (Phi) is 4.26. The second kappa shape index (κ2) is 6.12. The van der Waals surface area contributed by atoms with Gasteiger partial charge in [-0.2, -0.15) is 0 Å². The molecule has 2 aromatic rings. The third-order valence-corrected chi connectivity index (χ3v) is 5.97. The lowest BCUT2D eigenvalue weighted by Crippen LogP contribution is -2.45. The Morgan fingerprint density at radius 1 is 1.24 bits per heavy atom. The maximum absolute atomic E-state index is 13.2. The summed E-state index contributed by atoms with van der Waals surface area (Å²) in [7, 11) is -4.11. The molecule has 0 unspecified atom stereocenters. The highest BCUT2D eigenvalue weighted by Crippen LogP contribution is 2.32. The number of nitrogens with one attached hydrogen (secondary N) is 1. The Morgan fingerprint density at radius 2 is 1.92 bits per heavy atom. The smallest absolute Gasteiger partial charge is 0.269 e. The minimum atomic E-state index is -4.11. The molecule has 1 heterocycles. The van der Waals surface area contributed by atoms with Crippen molar-refractivity contribution in [2.45, 2.75) is 17.9 Å². The molecule has 2 amide bonds. The number of hydrogen-bond donors (Lipinski definition) is 1. The van der Waals surface area contributed by atoms with Gasteiger partial charge in [-0.3, -0.25) is 9.59 Å². The molecule has 130 valence electrons. The maximum Gasteiger partial charge on any atom is 0.269 e. The first kappa shape index (κ1) is 17.4. The Bertz CT molecular complexity index is 993. The lowest BCUT2D eigenvalue weighted by molar-refractivity contribution is -0.118. The van der Waals surface area contributed by atoms with Crippen molar-refractivity contribution in [3.05, 3.63) is 58.9 Å². The molecular weight excluding hydrogens is 371 g/mol. The molecule has 1 aliphatic rings. The van der Waals surface area contributed by atoms with Crippen molar-refractivity contribution in [1.82, 2.24) is 4.31 Å². The number of hydrogen-bond acceptors (Lipinski definition) is 4. The van der Waals surface area contributed by atoms with Crippen molar-refractivity contribution in [2.24, 2.45) is 0 Å². The molecule has 0 saturated heterocycles. The van der Waals surface area contributed by atoms with Crippen LogP contribution in [0.5, 0.6) is 0 Å². The van der Waals surface area contributed by atoms with Crippen LogP contribution >= 0.6 is 11.6 Å². The number of rotatable bonds is 3. The van der Waals surface area contributed by atoms with Gasteiger partial charge < -0.3 is 5.32 Å². The highest BCUT2D eigenvalue weighted by Gasteiger charge is 2.45. The van der Waals surface area contributed by atoms with Crippen molar-refractivity contribution >= 4 is 39.1 Å². The topological polar surface area (TPSA) is 83.6 Å². The fourth-order valence-corrected chi connectivity index (χ4v) is 4.42. The SMILES string of the molecule is C[C@@H](C(=O)Nc1ccc(F)c(Cl)c1)N1C(=O)c2ccccc2S1(=O)=O. The lowest BCUT2D eigenvalue weighted by atomic mass is 10.2. The number of carbonyl (C=O) groups is 2. The summed E-state index contributed by atoms with van der Waals surface area (Å²) in [6.07, 6.45) is 0. The van der Waals surface area contributed by atoms with Crippen LogP contribution in [0, 0.1) is 5.82 Å². The average Bonchev–Trinajstić information content (AvgIpc) is 2.77. The van der Waals surface area contributed by atoms with E-state index in [4.69, 9.17) is 11.6 Å². The van der Waals surface area contributed by atoms with Crippen LogP contribution in [0.4, 0.5) is 10.1 Å². The number of halogens is 2. The number of amides is 2. The molecule has 2 aromatic carbocycles. The number of nitrogens with zero attached hydrogens (tertiary/aromatic N) is 1. The van der Waals surface area contributed by atoms with Gasteiger partial charge in [-0.05, 0) is 37.3 Å². The quantitative estimate of drug-likeness (QED) is 0.884. The summed E-state index contributed by atoms with van der Waals surface area (Å²) >= 11 is 5.65. The van der Waals surface area contributed by atoms with Crippen LogP contribution in [0.25, 0.3) is 0 Å². The minimum absolute atomic E-state index is 0.0203. The van der Waals surface area contributed by atoms with Gasteiger partial charge >= 0.3 is 0 Å². The van der Waals surface area contributed by atoms with E-state index in [0.29, 0.717) is 4.31 Å². The van der Waals surface area contributed by atoms with Gasteiger partial charge in [0.15, 0.2) is 0 Å². The second-order valence-electron chi connectivity index (χ2n) is 5.40. The first-order valence-electron chi connectivity index (χ1n) is 7.17. The molecular formula is C16H12ClFN2O4S. The van der Waals surface area contributed by atoms with Gasteiger partial charge in [-0.25, -0.2) is 17.1 Å². The lowest BCUT2D eigenvalue weighted by Gasteiger charge is -2.22. The zero-order chi connectivity index (χ0) is 18.4. The van der Waals surface area contributed by atoms with E-state index in [1.165, 1.54) is 37.3 Å². The Morgan fingerprint density at radius 3 is 2.56 bits per heavy atom. The molecule has 0 saturated carbocycles. The van der Waals surface area contributed by atoms with Crippen LogP contribution in [-0.2, 0) is 14.8 Å². The van der Waals surface area contributed by atoms with Crippen molar-refractivity contribution in [3.63, 3.8) is 0 Å². The molecule has 1 atom stereocenters. The maximum atomic E-state index is 13.2. The molecule has 1 N–H and O–H groups in total. The van der Waals surface area contributed by atoms with Crippen LogP contribution in [0.1, 0.15) is 17.3 Å². The zero-order valence-corrected chi connectivity index (χ0v) is 14.4. The minimum Gasteiger partial charge on any atom is -0.324 e. The van der Waals surface area contributed by atoms with E-state index in [1.807, 2.05) is 0 Å². The Hall–Kier alpha value is -2.45. The van der Waals surface area contributed by atoms with E-state index < -0.39 is 33.7 Å². The van der Waals surface area contributed by atoms with Gasteiger partial charge in [0.05, 0.1) is 10.6 Å². The molecule has 25 heavy (non-hydrogen) atoms. The molecule has 0 spiro atoms. The molecule has 1 aliphatic heterocycles. The number of carbonyl (C=O) groups excluding carboxylic acids is 2. The molecule has 0 radical (unpaired) electrons. The number of benzene rings is 2. The summed E-state index contributed by atoms with van der Waals surface area (Å²) in [6.45, 7) is 1.29. The third kappa shape index (κ3) is 2.87. The van der Waals surface area contributed by atoms with E-state index >= 15 is 0 Å². The third-order valence-electron chi connectivity index (χ3n) is 3.77. The first-order chi connectivity index (χ1) is 11.7. The summed E-state index contributed by atoms with van der Waals surface area (Å²) in [6, 6.07) is 7.98. The van der Waals surface area contributed by atoms with Crippen LogP contribution in [0.2, 0.25) is 5.02 Å². The fourth-order valence-electron chi connectivity index (χ4n) is 2.51. The Balaban J connectivity index is 1.88. The van der Waals surface area contributed by atoms with Gasteiger partial charge in [0.25, 0.3) is 15.9 Å². The zero-order valence-electron chi connectivity index (χ0n) is 12.9. The molecule has 0 fully saturated rings. The predicted octanol–water partition coefficient (Wildman–Crippen LogP) is 2.65. The monoisotopic (exact) mass is 382 g/mol. The molecule has 0 aliphatic carbocycles. The predicted molar refractivity (Wildman–Crippen MR) is 89.3 cm³/mol. The molecule has 9 heteroatoms. The number of fused-ring (bicyclic) bond motifs is 1. The van der Waals surface area contributed by atoms with Gasteiger partial charge in [-0.15, -0.1) is 0 Å². The largest absolute Gasteiger partial charge is 0.324 e. The van der Waals surface area contributed by atoms with E-state index in [-0.39, 0.29) is 21.2 Å². The van der Waals surface area contributed by atoms with Crippen molar-refractivity contribution in [2.75, 3.05) is 5.32 Å². The summed E-state index contributed by atoms with van der Waals surface area (Å²) in [5.74, 6) is -2.16. The van der Waals surface area contributed by atoms with Gasteiger partial charge in [0.2, 0.25) is 5.91 Å². The van der Waals surface area contributed by atoms with Crippen LogP contribution in [0.3, 0.4) is 0 Å². The van der Waals surface area contributed by atoms with Crippen LogP contribution in [0.15, 0.2) is 47.4 Å². The summed E-state index contributed by atoms with van der Waals surface area (Å²) in [5, 5.41) is 2.23. The normalized spacial score (nSPS) is 16.4. The van der Waals surface area contributed by atoms with Crippen molar-refractivity contribution < 1.29 is 22.4 Å². The first-order valence-corrected chi connectivity index (χ1v) is 8.99. The summed E-state index contributed by atoms with van der Waals surface area (Å²) < 4.78 is 38.8. The van der Waals surface area contributed by atoms with Crippen molar-refractivity contribution in [3.8, 4) is 0 Å². The van der Waals surface area contributed by atoms with E-state index in [2.05, 4.69) is 5.32 Å². The molecule has 0 bridgehead atoms. The van der Waals surface area contributed by atoms with Crippen molar-refractivity contribution in [1.29, 1.82) is 0 Å². The van der Waals surface area contributed by atoms with Crippen LogP contribution in [-0.4, -0.2) is 30.6 Å². The highest BCUT2D eigenvalue weighted by atomic mass is 35.5. The van der Waals surface area contributed by atoms with E-state index in [9.17, 15) is 22.4 Å². The van der Waals surface area contributed by atoms with Crippen LogP contribution < -0.4 is 5.32 Å². The standard InChI is InChI=1S/C16H12ClFN2O4S/c1-9(15(21)19-10-6-7-13(18)12(17)8-10)20-16(22)11-4-2-3-5-14(11)25(20,23)24/h2-9H,1H3,(H,19,21)/t9-/m0/s1. The fraction of sp³-hybridized carbons (Fsp3) is 0.125. The molecule has 3 rings (SSSR count). The van der Waals surface area contributed by atoms with Gasteiger partial charge in [0.1, 0.15) is 16.8 Å². The average molecular weight is 383 g/mol. The number of anilines is 1. The number of sulfonamides is 1. The Labute approximate surface area is 148 Å². The van der Waals surface area contributed by atoms with E-state index in [1.54, 1.807) is 6.07 Å². The molecule has 0 aromatic heterocycles. The van der Waals surface area contributed by atoms with E-state index in [0.717, 1.165) is 6.07 Å². The molecule has 6 nitrogen and oxygen atoms in total. The van der Waals surface area contributed by atoms with Gasteiger partial charge in [0, 0.05) is 5.69 Å². The second-order valence-corrected chi connectivity index (χ2v) is 7.59. The highest BCUT2D eigenvalue weighted by molar-refractivity contribution is 7.90. The summed E-state index contributed by atoms with van der Waals surface area (Å²) in [4.78, 5) is 24.6. The summed E-state index contributed by atoms with van der Waals surface area (Å²) in [5.41, 5.74) is 0.205. The van der Waals surface area contributed by atoms with Gasteiger partial charge in [-0.1, -0.05) is 23.7 Å².